The van der Waals surface area contributed by atoms with E-state index < -0.39 is 19.8 Å². The largest absolute Gasteiger partial charge is 0.484 e. The number of benzene rings is 2. The van der Waals surface area contributed by atoms with Crippen LogP contribution in [0.4, 0.5) is 0 Å². The molecule has 1 amide bonds. The van der Waals surface area contributed by atoms with Gasteiger partial charge in [0.05, 0.1) is 10.00 Å². The van der Waals surface area contributed by atoms with Gasteiger partial charge in [0.25, 0.3) is 5.91 Å². The van der Waals surface area contributed by atoms with Gasteiger partial charge in [0.2, 0.25) is 0 Å². The third-order valence-electron chi connectivity index (χ3n) is 5.11. The first-order chi connectivity index (χ1) is 13.2. The predicted molar refractivity (Wildman–Crippen MR) is 111 cm³/mol. The van der Waals surface area contributed by atoms with Gasteiger partial charge in [-0.05, 0) is 50.5 Å². The average molecular weight is 402 g/mol. The number of amides is 1. The molecule has 2 aromatic carbocycles. The Morgan fingerprint density at radius 3 is 2.25 bits per heavy atom. The zero-order chi connectivity index (χ0) is 20.4. The lowest BCUT2D eigenvalue weighted by molar-refractivity contribution is -0.132. The van der Waals surface area contributed by atoms with E-state index >= 15 is 0 Å². The van der Waals surface area contributed by atoms with E-state index in [-0.39, 0.29) is 19.1 Å². The highest BCUT2D eigenvalue weighted by Gasteiger charge is 2.41. The third kappa shape index (κ3) is 4.38. The molecule has 2 aromatic rings. The molecule has 6 heteroatoms. The predicted octanol–water partition coefficient (Wildman–Crippen LogP) is 3.55. The summed E-state index contributed by atoms with van der Waals surface area (Å²) in [4.78, 5) is 14.0. The van der Waals surface area contributed by atoms with Crippen LogP contribution in [0.2, 0.25) is 0 Å². The Kier molecular flexibility index (Phi) is 5.79. The van der Waals surface area contributed by atoms with Crippen molar-refractivity contribution in [2.45, 2.75) is 37.2 Å². The standard InChI is InChI=1S/C22H27NO4S/c1-22(2,3)28(25,26)20-13-14-23(15-20)21(24)16-27-19-11-9-18(10-12-19)17-7-5-4-6-8-17/h4-12,20H,13-16H2,1-3H3/t20-/m1/s1. The Morgan fingerprint density at radius 1 is 1.04 bits per heavy atom. The summed E-state index contributed by atoms with van der Waals surface area (Å²) in [5, 5.41) is -0.499. The minimum Gasteiger partial charge on any atom is -0.484 e. The maximum atomic E-state index is 12.6. The van der Waals surface area contributed by atoms with Crippen molar-refractivity contribution < 1.29 is 17.9 Å². The van der Waals surface area contributed by atoms with E-state index in [9.17, 15) is 13.2 Å². The lowest BCUT2D eigenvalue weighted by atomic mass is 10.1. The Hall–Kier alpha value is -2.34. The fourth-order valence-corrected chi connectivity index (χ4v) is 5.11. The highest BCUT2D eigenvalue weighted by atomic mass is 32.2. The zero-order valence-corrected chi connectivity index (χ0v) is 17.4. The Labute approximate surface area is 167 Å². The van der Waals surface area contributed by atoms with E-state index in [0.29, 0.717) is 18.7 Å². The van der Waals surface area contributed by atoms with Gasteiger partial charge < -0.3 is 9.64 Å². The number of carbonyl (C=O) groups is 1. The van der Waals surface area contributed by atoms with Crippen molar-refractivity contribution in [3.63, 3.8) is 0 Å². The lowest BCUT2D eigenvalue weighted by Crippen LogP contribution is -2.40. The van der Waals surface area contributed by atoms with Crippen molar-refractivity contribution in [3.05, 3.63) is 54.6 Å². The van der Waals surface area contributed by atoms with E-state index in [4.69, 9.17) is 4.74 Å². The first-order valence-electron chi connectivity index (χ1n) is 9.48. The van der Waals surface area contributed by atoms with E-state index in [1.807, 2.05) is 54.6 Å². The van der Waals surface area contributed by atoms with Gasteiger partial charge in [0.15, 0.2) is 16.4 Å². The van der Waals surface area contributed by atoms with Crippen LogP contribution in [0.15, 0.2) is 54.6 Å². The Morgan fingerprint density at radius 2 is 1.64 bits per heavy atom. The molecule has 0 aliphatic carbocycles. The molecule has 0 N–H and O–H groups in total. The second kappa shape index (κ2) is 7.95. The molecule has 28 heavy (non-hydrogen) atoms. The number of hydrogen-bond acceptors (Lipinski definition) is 4. The minimum absolute atomic E-state index is 0.0903. The summed E-state index contributed by atoms with van der Waals surface area (Å²) >= 11 is 0. The first-order valence-corrected chi connectivity index (χ1v) is 11.0. The highest BCUT2D eigenvalue weighted by molar-refractivity contribution is 7.93. The van der Waals surface area contributed by atoms with Crippen LogP contribution >= 0.6 is 0 Å². The molecular weight excluding hydrogens is 374 g/mol. The van der Waals surface area contributed by atoms with Crippen LogP contribution in [0.3, 0.4) is 0 Å². The minimum atomic E-state index is -3.28. The molecule has 1 heterocycles. The number of rotatable bonds is 5. The molecule has 1 saturated heterocycles. The second-order valence-corrected chi connectivity index (χ2v) is 11.1. The van der Waals surface area contributed by atoms with Crippen LogP contribution in [0.5, 0.6) is 5.75 Å². The van der Waals surface area contributed by atoms with Crippen LogP contribution in [-0.2, 0) is 14.6 Å². The van der Waals surface area contributed by atoms with Crippen molar-refractivity contribution >= 4 is 15.7 Å². The summed E-state index contributed by atoms with van der Waals surface area (Å²) in [5.41, 5.74) is 2.20. The Balaban J connectivity index is 1.55. The van der Waals surface area contributed by atoms with E-state index in [1.54, 1.807) is 25.7 Å². The molecule has 1 fully saturated rings. The highest BCUT2D eigenvalue weighted by Crippen LogP contribution is 2.27. The first kappa shape index (κ1) is 20.4. The van der Waals surface area contributed by atoms with E-state index in [2.05, 4.69) is 0 Å². The summed E-state index contributed by atoms with van der Waals surface area (Å²) < 4.78 is 30.0. The van der Waals surface area contributed by atoms with Crippen molar-refractivity contribution in [3.8, 4) is 16.9 Å². The van der Waals surface area contributed by atoms with Gasteiger partial charge >= 0.3 is 0 Å². The van der Waals surface area contributed by atoms with Crippen LogP contribution < -0.4 is 4.74 Å². The van der Waals surface area contributed by atoms with Crippen LogP contribution in [0, 0.1) is 0 Å². The maximum Gasteiger partial charge on any atom is 0.260 e. The van der Waals surface area contributed by atoms with Crippen molar-refractivity contribution in [1.82, 2.24) is 4.90 Å². The molecule has 0 spiro atoms. The molecule has 0 aromatic heterocycles. The fraction of sp³-hybridized carbons (Fsp3) is 0.409. The maximum absolute atomic E-state index is 12.6. The summed E-state index contributed by atoms with van der Waals surface area (Å²) in [5.74, 6) is 0.435. The number of likely N-dealkylation sites (tertiary alicyclic amines) is 1. The Bertz CT molecular complexity index is 915. The summed E-state index contributed by atoms with van der Waals surface area (Å²) in [6, 6.07) is 17.6. The quantitative estimate of drug-likeness (QED) is 0.769. The van der Waals surface area contributed by atoms with Crippen LogP contribution in [0.25, 0.3) is 11.1 Å². The van der Waals surface area contributed by atoms with Crippen molar-refractivity contribution in [1.29, 1.82) is 0 Å². The molecule has 1 aliphatic rings. The van der Waals surface area contributed by atoms with Gasteiger partial charge in [-0.15, -0.1) is 0 Å². The second-order valence-electron chi connectivity index (χ2n) is 8.09. The van der Waals surface area contributed by atoms with Gasteiger partial charge in [-0.25, -0.2) is 8.42 Å². The summed E-state index contributed by atoms with van der Waals surface area (Å²) in [6.45, 7) is 5.72. The van der Waals surface area contributed by atoms with E-state index in [1.165, 1.54) is 0 Å². The number of sulfone groups is 1. The molecule has 0 radical (unpaired) electrons. The molecule has 0 unspecified atom stereocenters. The van der Waals surface area contributed by atoms with Crippen LogP contribution in [0.1, 0.15) is 27.2 Å². The molecule has 1 atom stereocenters. The smallest absolute Gasteiger partial charge is 0.260 e. The zero-order valence-electron chi connectivity index (χ0n) is 16.6. The van der Waals surface area contributed by atoms with Gasteiger partial charge in [0, 0.05) is 13.1 Å². The molecule has 5 nitrogen and oxygen atoms in total. The average Bonchev–Trinajstić information content (AvgIpc) is 3.17. The molecule has 3 rings (SSSR count). The molecular formula is C22H27NO4S. The number of nitrogens with zero attached hydrogens (tertiary/aromatic N) is 1. The molecule has 0 bridgehead atoms. The number of carbonyl (C=O) groups excluding carboxylic acids is 1. The van der Waals surface area contributed by atoms with Gasteiger partial charge in [-0.2, -0.15) is 0 Å². The van der Waals surface area contributed by atoms with E-state index in [0.717, 1.165) is 11.1 Å². The fourth-order valence-electron chi connectivity index (χ4n) is 3.32. The summed E-state index contributed by atoms with van der Waals surface area (Å²) in [6.07, 6.45) is 0.483. The molecule has 150 valence electrons. The van der Waals surface area contributed by atoms with Gasteiger partial charge in [-0.1, -0.05) is 42.5 Å². The SMILES string of the molecule is CC(C)(C)S(=O)(=O)[C@@H]1CCN(C(=O)COc2ccc(-c3ccccc3)cc2)C1. The van der Waals surface area contributed by atoms with Gasteiger partial charge in [-0.3, -0.25) is 4.79 Å². The lowest BCUT2D eigenvalue weighted by Gasteiger charge is -2.24. The van der Waals surface area contributed by atoms with Crippen molar-refractivity contribution in [2.75, 3.05) is 19.7 Å². The van der Waals surface area contributed by atoms with Gasteiger partial charge in [0.1, 0.15) is 5.75 Å². The molecule has 0 saturated carbocycles. The normalized spacial score (nSPS) is 17.5. The number of ether oxygens (including phenoxy) is 1. The number of hydrogen-bond donors (Lipinski definition) is 0. The summed E-state index contributed by atoms with van der Waals surface area (Å²) in [7, 11) is -3.28. The monoisotopic (exact) mass is 401 g/mol. The topological polar surface area (TPSA) is 63.7 Å². The van der Waals surface area contributed by atoms with Crippen LogP contribution in [-0.4, -0.2) is 48.9 Å². The van der Waals surface area contributed by atoms with Crippen molar-refractivity contribution in [2.24, 2.45) is 0 Å². The molecule has 1 aliphatic heterocycles. The third-order valence-corrected chi connectivity index (χ3v) is 8.08.